The van der Waals surface area contributed by atoms with Gasteiger partial charge >= 0.3 is 0 Å². The standard InChI is InChI=1S/C47H30NO2P/c49-51(33-15-3-1-4-16-33,34-17-5-2-6-18-34)35-28-26-31(27-29-35)37-23-13-24-41-44-40-22-11-12-25-43(40)50-47(44)46(48-45(37)41)42-30-32-14-7-8-19-36(32)38-20-9-10-21-39(38)42/h1-30H. The molecular formula is C47H30NO2P. The summed E-state index contributed by atoms with van der Waals surface area (Å²) in [5, 5.41) is 10.3. The van der Waals surface area contributed by atoms with Gasteiger partial charge in [-0.1, -0.05) is 170 Å². The van der Waals surface area contributed by atoms with Crippen molar-refractivity contribution in [2.75, 3.05) is 0 Å². The summed E-state index contributed by atoms with van der Waals surface area (Å²) >= 11 is 0. The van der Waals surface area contributed by atoms with Crippen LogP contribution in [0.5, 0.6) is 0 Å². The van der Waals surface area contributed by atoms with E-state index in [-0.39, 0.29) is 0 Å². The molecule has 0 radical (unpaired) electrons. The van der Waals surface area contributed by atoms with Gasteiger partial charge in [-0.25, -0.2) is 4.98 Å². The molecule has 2 aromatic heterocycles. The van der Waals surface area contributed by atoms with Gasteiger partial charge in [0.1, 0.15) is 11.3 Å². The predicted molar refractivity (Wildman–Crippen MR) is 214 cm³/mol. The molecule has 51 heavy (non-hydrogen) atoms. The molecule has 10 rings (SSSR count). The number of hydrogen-bond donors (Lipinski definition) is 0. The Labute approximate surface area is 294 Å². The van der Waals surface area contributed by atoms with Crippen LogP contribution in [-0.2, 0) is 4.57 Å². The van der Waals surface area contributed by atoms with Gasteiger partial charge in [-0.3, -0.25) is 0 Å². The zero-order chi connectivity index (χ0) is 33.9. The fraction of sp³-hybridized carbons (Fsp3) is 0. The first kappa shape index (κ1) is 29.6. The molecule has 0 bridgehead atoms. The third kappa shape index (κ3) is 4.59. The molecule has 0 N–H and O–H groups in total. The fourth-order valence-electron chi connectivity index (χ4n) is 7.75. The highest BCUT2D eigenvalue weighted by molar-refractivity contribution is 7.85. The molecule has 4 heteroatoms. The van der Waals surface area contributed by atoms with Crippen LogP contribution in [0, 0.1) is 0 Å². The monoisotopic (exact) mass is 671 g/mol. The molecule has 240 valence electrons. The van der Waals surface area contributed by atoms with Crippen molar-refractivity contribution in [3.8, 4) is 22.4 Å². The van der Waals surface area contributed by atoms with Crippen LogP contribution >= 0.6 is 7.14 Å². The first-order chi connectivity index (χ1) is 25.2. The zero-order valence-electron chi connectivity index (χ0n) is 27.5. The van der Waals surface area contributed by atoms with Crippen molar-refractivity contribution in [3.05, 3.63) is 182 Å². The molecule has 0 aliphatic heterocycles. The van der Waals surface area contributed by atoms with E-state index in [1.807, 2.05) is 84.9 Å². The van der Waals surface area contributed by atoms with Gasteiger partial charge in [0.2, 0.25) is 0 Å². The summed E-state index contributed by atoms with van der Waals surface area (Å²) in [4.78, 5) is 5.52. The van der Waals surface area contributed by atoms with Gasteiger partial charge in [0, 0.05) is 43.2 Å². The maximum Gasteiger partial charge on any atom is 0.171 e. The number of rotatable bonds is 5. The van der Waals surface area contributed by atoms with Crippen LogP contribution in [0.25, 0.3) is 76.8 Å². The van der Waals surface area contributed by atoms with Crippen LogP contribution < -0.4 is 15.9 Å². The molecule has 0 aliphatic rings. The molecule has 0 aliphatic carbocycles. The van der Waals surface area contributed by atoms with Crippen LogP contribution in [0.15, 0.2) is 186 Å². The second-order valence-electron chi connectivity index (χ2n) is 13.0. The number of pyridine rings is 1. The van der Waals surface area contributed by atoms with E-state index in [1.54, 1.807) is 0 Å². The van der Waals surface area contributed by atoms with E-state index < -0.39 is 7.14 Å². The molecule has 0 unspecified atom stereocenters. The summed E-state index contributed by atoms with van der Waals surface area (Å²) in [5.41, 5.74) is 6.37. The van der Waals surface area contributed by atoms with E-state index in [0.717, 1.165) is 81.9 Å². The van der Waals surface area contributed by atoms with Crippen molar-refractivity contribution in [1.29, 1.82) is 0 Å². The van der Waals surface area contributed by atoms with Crippen LogP contribution in [-0.4, -0.2) is 4.98 Å². The summed E-state index contributed by atoms with van der Waals surface area (Å²) in [5.74, 6) is 0. The quantitative estimate of drug-likeness (QED) is 0.135. The van der Waals surface area contributed by atoms with Crippen molar-refractivity contribution >= 4 is 77.4 Å². The maximum absolute atomic E-state index is 15.1. The fourth-order valence-corrected chi connectivity index (χ4v) is 10.4. The smallest absolute Gasteiger partial charge is 0.171 e. The first-order valence-corrected chi connectivity index (χ1v) is 18.9. The number of fused-ring (bicyclic) bond motifs is 8. The highest BCUT2D eigenvalue weighted by atomic mass is 31.2. The molecule has 10 aromatic rings. The topological polar surface area (TPSA) is 43.1 Å². The SMILES string of the molecule is O=P(c1ccccc1)(c1ccccc1)c1ccc(-c2cccc3c2nc(-c2cc4ccccc4c4ccccc24)c2oc4ccccc4c23)cc1. The number of aromatic nitrogens is 1. The Morgan fingerprint density at radius 2 is 1.02 bits per heavy atom. The number of para-hydroxylation sites is 2. The molecule has 2 heterocycles. The summed E-state index contributed by atoms with van der Waals surface area (Å²) in [7, 11) is -3.11. The summed E-state index contributed by atoms with van der Waals surface area (Å²) in [6.07, 6.45) is 0. The van der Waals surface area contributed by atoms with Gasteiger partial charge < -0.3 is 8.98 Å². The second kappa shape index (κ2) is 11.7. The molecule has 0 atom stereocenters. The number of furan rings is 1. The van der Waals surface area contributed by atoms with E-state index in [4.69, 9.17) is 9.40 Å². The lowest BCUT2D eigenvalue weighted by atomic mass is 9.93. The van der Waals surface area contributed by atoms with Gasteiger partial charge in [-0.05, 0) is 39.2 Å². The average Bonchev–Trinajstić information content (AvgIpc) is 3.61. The van der Waals surface area contributed by atoms with Gasteiger partial charge in [0.15, 0.2) is 12.7 Å². The molecule has 3 nitrogen and oxygen atoms in total. The minimum Gasteiger partial charge on any atom is -0.454 e. The maximum atomic E-state index is 15.1. The van der Waals surface area contributed by atoms with E-state index in [9.17, 15) is 0 Å². The Morgan fingerprint density at radius 1 is 0.451 bits per heavy atom. The minimum atomic E-state index is -3.11. The highest BCUT2D eigenvalue weighted by Crippen LogP contribution is 2.45. The lowest BCUT2D eigenvalue weighted by molar-refractivity contribution is 0.592. The Morgan fingerprint density at radius 3 is 1.75 bits per heavy atom. The molecule has 0 fully saturated rings. The van der Waals surface area contributed by atoms with Crippen LogP contribution in [0.2, 0.25) is 0 Å². The third-order valence-corrected chi connectivity index (χ3v) is 13.2. The lowest BCUT2D eigenvalue weighted by Gasteiger charge is -2.20. The van der Waals surface area contributed by atoms with Crippen molar-refractivity contribution in [1.82, 2.24) is 4.98 Å². The van der Waals surface area contributed by atoms with Crippen molar-refractivity contribution < 1.29 is 8.98 Å². The van der Waals surface area contributed by atoms with E-state index in [1.165, 1.54) is 10.8 Å². The van der Waals surface area contributed by atoms with Crippen LogP contribution in [0.1, 0.15) is 0 Å². The predicted octanol–water partition coefficient (Wildman–Crippen LogP) is 11.4. The molecule has 0 spiro atoms. The van der Waals surface area contributed by atoms with Crippen molar-refractivity contribution in [2.45, 2.75) is 0 Å². The van der Waals surface area contributed by atoms with Gasteiger partial charge in [-0.2, -0.15) is 0 Å². The first-order valence-electron chi connectivity index (χ1n) is 17.2. The summed E-state index contributed by atoms with van der Waals surface area (Å²) < 4.78 is 21.8. The van der Waals surface area contributed by atoms with Crippen LogP contribution in [0.3, 0.4) is 0 Å². The zero-order valence-corrected chi connectivity index (χ0v) is 28.4. The van der Waals surface area contributed by atoms with Gasteiger partial charge in [0.25, 0.3) is 0 Å². The minimum absolute atomic E-state index is 0.781. The Balaban J connectivity index is 1.23. The summed E-state index contributed by atoms with van der Waals surface area (Å²) in [6, 6.07) is 61.8. The van der Waals surface area contributed by atoms with E-state index in [0.29, 0.717) is 0 Å². The highest BCUT2D eigenvalue weighted by Gasteiger charge is 2.29. The summed E-state index contributed by atoms with van der Waals surface area (Å²) in [6.45, 7) is 0. The molecule has 8 aromatic carbocycles. The largest absolute Gasteiger partial charge is 0.454 e. The van der Waals surface area contributed by atoms with Gasteiger partial charge in [-0.15, -0.1) is 0 Å². The Hall–Kier alpha value is -6.28. The second-order valence-corrected chi connectivity index (χ2v) is 15.8. The molecule has 0 amide bonds. The molecular weight excluding hydrogens is 641 g/mol. The number of hydrogen-bond acceptors (Lipinski definition) is 3. The number of nitrogens with zero attached hydrogens (tertiary/aromatic N) is 1. The third-order valence-electron chi connectivity index (χ3n) is 10.1. The van der Waals surface area contributed by atoms with Gasteiger partial charge in [0.05, 0.1) is 5.52 Å². The van der Waals surface area contributed by atoms with E-state index in [2.05, 4.69) is 97.1 Å². The normalized spacial score (nSPS) is 12.0. The Bertz CT molecular complexity index is 2940. The van der Waals surface area contributed by atoms with E-state index >= 15 is 4.57 Å². The number of benzene rings is 8. The molecule has 0 saturated carbocycles. The van der Waals surface area contributed by atoms with Crippen molar-refractivity contribution in [3.63, 3.8) is 0 Å². The molecule has 0 saturated heterocycles. The van der Waals surface area contributed by atoms with Crippen LogP contribution in [0.4, 0.5) is 0 Å². The average molecular weight is 672 g/mol. The lowest BCUT2D eigenvalue weighted by Crippen LogP contribution is -2.24. The Kier molecular flexibility index (Phi) is 6.77. The van der Waals surface area contributed by atoms with Crippen molar-refractivity contribution in [2.24, 2.45) is 0 Å².